The van der Waals surface area contributed by atoms with Gasteiger partial charge in [0.25, 0.3) is 0 Å². The van der Waals surface area contributed by atoms with Gasteiger partial charge in [-0.15, -0.1) is 0 Å². The number of Topliss-reactive ketones (excluding diaryl/α,β-unsaturated/α-hetero) is 1. The SMILES string of the molecule is CCC(=O)[C@@]1(CCS(=O)(=O)C(C)C)CCCC1(C)C. The summed E-state index contributed by atoms with van der Waals surface area (Å²) in [4.78, 5) is 12.4. The van der Waals surface area contributed by atoms with Crippen LogP contribution in [0.5, 0.6) is 0 Å². The highest BCUT2D eigenvalue weighted by Gasteiger charge is 2.52. The van der Waals surface area contributed by atoms with Crippen molar-refractivity contribution in [1.29, 1.82) is 0 Å². The molecule has 0 aromatic heterocycles. The van der Waals surface area contributed by atoms with Crippen LogP contribution in [0.25, 0.3) is 0 Å². The Morgan fingerprint density at radius 2 is 1.79 bits per heavy atom. The monoisotopic (exact) mass is 288 g/mol. The Morgan fingerprint density at radius 3 is 2.16 bits per heavy atom. The minimum absolute atomic E-state index is 0.0768. The van der Waals surface area contributed by atoms with Crippen LogP contribution < -0.4 is 0 Å². The van der Waals surface area contributed by atoms with Crippen LogP contribution in [0.3, 0.4) is 0 Å². The van der Waals surface area contributed by atoms with Crippen molar-refractivity contribution in [2.75, 3.05) is 5.75 Å². The molecule has 112 valence electrons. The molecule has 0 aromatic carbocycles. The fourth-order valence-corrected chi connectivity index (χ4v) is 4.52. The fraction of sp³-hybridized carbons (Fsp3) is 0.933. The van der Waals surface area contributed by atoms with Crippen LogP contribution in [0.4, 0.5) is 0 Å². The van der Waals surface area contributed by atoms with E-state index in [0.717, 1.165) is 19.3 Å². The molecule has 0 aromatic rings. The molecule has 19 heavy (non-hydrogen) atoms. The first-order chi connectivity index (χ1) is 8.59. The minimum atomic E-state index is -3.07. The first kappa shape index (κ1) is 16.7. The summed E-state index contributed by atoms with van der Waals surface area (Å²) in [6.07, 6.45) is 3.89. The molecule has 3 nitrogen and oxygen atoms in total. The van der Waals surface area contributed by atoms with Gasteiger partial charge in [-0.3, -0.25) is 4.79 Å². The summed E-state index contributed by atoms with van der Waals surface area (Å²) in [6.45, 7) is 9.55. The van der Waals surface area contributed by atoms with E-state index >= 15 is 0 Å². The van der Waals surface area contributed by atoms with Crippen molar-refractivity contribution in [3.05, 3.63) is 0 Å². The molecular weight excluding hydrogens is 260 g/mol. The minimum Gasteiger partial charge on any atom is -0.299 e. The summed E-state index contributed by atoms with van der Waals surface area (Å²) < 4.78 is 24.1. The third-order valence-corrected chi connectivity index (χ3v) is 7.30. The Balaban J connectivity index is 2.99. The molecule has 0 spiro atoms. The van der Waals surface area contributed by atoms with Crippen LogP contribution in [0.15, 0.2) is 0 Å². The highest BCUT2D eigenvalue weighted by Crippen LogP contribution is 2.55. The molecule has 1 rings (SSSR count). The molecule has 0 N–H and O–H groups in total. The van der Waals surface area contributed by atoms with Crippen molar-refractivity contribution in [2.45, 2.75) is 72.0 Å². The lowest BCUT2D eigenvalue weighted by Gasteiger charge is -2.40. The van der Waals surface area contributed by atoms with E-state index in [2.05, 4.69) is 13.8 Å². The molecule has 1 aliphatic rings. The number of hydrogen-bond acceptors (Lipinski definition) is 3. The van der Waals surface area contributed by atoms with Gasteiger partial charge in [-0.25, -0.2) is 8.42 Å². The summed E-state index contributed by atoms with van der Waals surface area (Å²) in [5, 5.41) is -0.356. The van der Waals surface area contributed by atoms with Crippen molar-refractivity contribution in [2.24, 2.45) is 10.8 Å². The topological polar surface area (TPSA) is 51.2 Å². The number of ketones is 1. The van der Waals surface area contributed by atoms with Crippen LogP contribution in [-0.2, 0) is 14.6 Å². The normalized spacial score (nSPS) is 26.8. The highest BCUT2D eigenvalue weighted by atomic mass is 32.2. The van der Waals surface area contributed by atoms with Crippen LogP contribution in [0.2, 0.25) is 0 Å². The predicted molar refractivity (Wildman–Crippen MR) is 78.9 cm³/mol. The summed E-state index contributed by atoms with van der Waals surface area (Å²) in [5.74, 6) is 0.383. The second kappa shape index (κ2) is 5.55. The van der Waals surface area contributed by atoms with Gasteiger partial charge in [0.15, 0.2) is 9.84 Å². The molecule has 0 saturated heterocycles. The third-order valence-electron chi connectivity index (χ3n) is 5.09. The van der Waals surface area contributed by atoms with E-state index in [1.807, 2.05) is 6.92 Å². The van der Waals surface area contributed by atoms with Gasteiger partial charge < -0.3 is 0 Å². The van der Waals surface area contributed by atoms with Crippen molar-refractivity contribution < 1.29 is 13.2 Å². The zero-order valence-corrected chi connectivity index (χ0v) is 13.8. The highest BCUT2D eigenvalue weighted by molar-refractivity contribution is 7.91. The molecular formula is C15H28O3S. The van der Waals surface area contributed by atoms with Gasteiger partial charge in [-0.05, 0) is 38.5 Å². The Bertz CT molecular complexity index is 434. The van der Waals surface area contributed by atoms with Gasteiger partial charge in [0.1, 0.15) is 5.78 Å². The Morgan fingerprint density at radius 1 is 1.21 bits per heavy atom. The molecule has 0 unspecified atom stereocenters. The molecule has 0 heterocycles. The average molecular weight is 288 g/mol. The molecule has 4 heteroatoms. The van der Waals surface area contributed by atoms with E-state index in [1.54, 1.807) is 13.8 Å². The summed E-state index contributed by atoms with van der Waals surface area (Å²) in [6, 6.07) is 0. The van der Waals surface area contributed by atoms with Gasteiger partial charge in [-0.2, -0.15) is 0 Å². The number of carbonyl (C=O) groups excluding carboxylic acids is 1. The van der Waals surface area contributed by atoms with Crippen LogP contribution in [0, 0.1) is 10.8 Å². The fourth-order valence-electron chi connectivity index (χ4n) is 3.42. The first-order valence-electron chi connectivity index (χ1n) is 7.34. The maximum atomic E-state index is 12.4. The van der Waals surface area contributed by atoms with Crippen molar-refractivity contribution in [1.82, 2.24) is 0 Å². The Kier molecular flexibility index (Phi) is 4.87. The van der Waals surface area contributed by atoms with Gasteiger partial charge in [0, 0.05) is 11.8 Å². The van der Waals surface area contributed by atoms with Gasteiger partial charge in [-0.1, -0.05) is 27.2 Å². The number of carbonyl (C=O) groups is 1. The number of sulfone groups is 1. The van der Waals surface area contributed by atoms with E-state index in [9.17, 15) is 13.2 Å². The van der Waals surface area contributed by atoms with Crippen LogP contribution in [0.1, 0.15) is 66.7 Å². The van der Waals surface area contributed by atoms with Gasteiger partial charge in [0.2, 0.25) is 0 Å². The molecule has 0 aliphatic heterocycles. The summed E-state index contributed by atoms with van der Waals surface area (Å²) in [7, 11) is -3.07. The van der Waals surface area contributed by atoms with E-state index in [0.29, 0.717) is 12.8 Å². The number of hydrogen-bond donors (Lipinski definition) is 0. The van der Waals surface area contributed by atoms with Crippen molar-refractivity contribution in [3.8, 4) is 0 Å². The molecule has 0 bridgehead atoms. The Labute approximate surface area is 118 Å². The van der Waals surface area contributed by atoms with Crippen LogP contribution in [-0.4, -0.2) is 25.2 Å². The molecule has 1 atom stereocenters. The van der Waals surface area contributed by atoms with E-state index in [-0.39, 0.29) is 22.2 Å². The lowest BCUT2D eigenvalue weighted by atomic mass is 9.63. The zero-order chi connectivity index (χ0) is 14.9. The van der Waals surface area contributed by atoms with E-state index < -0.39 is 15.3 Å². The average Bonchev–Trinajstić information content (AvgIpc) is 2.61. The summed E-state index contributed by atoms with van der Waals surface area (Å²) >= 11 is 0. The first-order valence-corrected chi connectivity index (χ1v) is 9.05. The number of rotatable bonds is 6. The van der Waals surface area contributed by atoms with Gasteiger partial charge >= 0.3 is 0 Å². The smallest absolute Gasteiger partial charge is 0.152 e. The Hall–Kier alpha value is -0.380. The molecule has 1 saturated carbocycles. The molecule has 1 aliphatic carbocycles. The molecule has 1 fully saturated rings. The predicted octanol–water partition coefficient (Wildman–Crippen LogP) is 3.38. The third kappa shape index (κ3) is 3.04. The summed E-state index contributed by atoms with van der Waals surface area (Å²) in [5.41, 5.74) is -0.504. The molecule has 0 radical (unpaired) electrons. The maximum absolute atomic E-state index is 12.4. The standard InChI is InChI=1S/C15H28O3S/c1-6-13(16)15(9-7-8-14(15,4)5)10-11-19(17,18)12(2)3/h12H,6-11H2,1-5H3/t15-/m0/s1. The quantitative estimate of drug-likeness (QED) is 0.753. The lowest BCUT2D eigenvalue weighted by molar-refractivity contribution is -0.133. The lowest BCUT2D eigenvalue weighted by Crippen LogP contribution is -2.42. The van der Waals surface area contributed by atoms with E-state index in [4.69, 9.17) is 0 Å². The maximum Gasteiger partial charge on any atom is 0.152 e. The van der Waals surface area contributed by atoms with Crippen molar-refractivity contribution >= 4 is 15.6 Å². The second-order valence-corrected chi connectivity index (χ2v) is 9.44. The molecule has 0 amide bonds. The van der Waals surface area contributed by atoms with Crippen molar-refractivity contribution in [3.63, 3.8) is 0 Å². The zero-order valence-electron chi connectivity index (χ0n) is 13.0. The van der Waals surface area contributed by atoms with Crippen LogP contribution >= 0.6 is 0 Å². The van der Waals surface area contributed by atoms with Gasteiger partial charge in [0.05, 0.1) is 11.0 Å². The second-order valence-electron chi connectivity index (χ2n) is 6.76. The largest absolute Gasteiger partial charge is 0.299 e. The van der Waals surface area contributed by atoms with E-state index in [1.165, 1.54) is 0 Å².